The molecule has 3 heteroatoms. The zero-order chi connectivity index (χ0) is 13.4. The van der Waals surface area contributed by atoms with Crippen LogP contribution in [-0.4, -0.2) is 23.3 Å². The predicted molar refractivity (Wildman–Crippen MR) is 72.9 cm³/mol. The maximum absolute atomic E-state index is 12.1. The summed E-state index contributed by atoms with van der Waals surface area (Å²) in [7, 11) is 0. The molecule has 1 heterocycles. The van der Waals surface area contributed by atoms with E-state index in [2.05, 4.69) is 0 Å². The molecule has 2 amide bonds. The van der Waals surface area contributed by atoms with Gasteiger partial charge >= 0.3 is 0 Å². The summed E-state index contributed by atoms with van der Waals surface area (Å²) in [5, 5.41) is 0. The van der Waals surface area contributed by atoms with Crippen molar-refractivity contribution in [2.45, 2.75) is 6.92 Å². The fourth-order valence-corrected chi connectivity index (χ4v) is 2.39. The molecule has 1 aliphatic heterocycles. The standard InChI is InChI=1S/C16H13NO2/c1-2-17-15(18)13-9-8-12(10-14(13)16(17)19)11-6-4-3-5-7-11/h3-10H,2H2,1H3. The summed E-state index contributed by atoms with van der Waals surface area (Å²) in [4.78, 5) is 25.4. The van der Waals surface area contributed by atoms with Gasteiger partial charge in [0, 0.05) is 6.54 Å². The molecule has 0 bridgehead atoms. The number of amides is 2. The molecule has 0 fully saturated rings. The van der Waals surface area contributed by atoms with E-state index in [1.54, 1.807) is 19.1 Å². The molecule has 0 aliphatic carbocycles. The van der Waals surface area contributed by atoms with Gasteiger partial charge in [0.2, 0.25) is 0 Å². The largest absolute Gasteiger partial charge is 0.275 e. The van der Waals surface area contributed by atoms with Gasteiger partial charge in [0.15, 0.2) is 0 Å². The zero-order valence-electron chi connectivity index (χ0n) is 10.6. The normalized spacial score (nSPS) is 13.8. The SMILES string of the molecule is CCN1C(=O)c2ccc(-c3ccccc3)cc2C1=O. The lowest BCUT2D eigenvalue weighted by atomic mass is 10.0. The Kier molecular flexibility index (Phi) is 2.67. The molecule has 0 saturated carbocycles. The molecular weight excluding hydrogens is 238 g/mol. The molecule has 0 radical (unpaired) electrons. The van der Waals surface area contributed by atoms with E-state index in [9.17, 15) is 9.59 Å². The molecule has 0 aromatic heterocycles. The van der Waals surface area contributed by atoms with E-state index in [0.717, 1.165) is 11.1 Å². The molecule has 3 rings (SSSR count). The van der Waals surface area contributed by atoms with Gasteiger partial charge in [-0.3, -0.25) is 14.5 Å². The van der Waals surface area contributed by atoms with Gasteiger partial charge in [-0.05, 0) is 30.2 Å². The van der Waals surface area contributed by atoms with E-state index < -0.39 is 0 Å². The van der Waals surface area contributed by atoms with E-state index in [1.807, 2.05) is 36.4 Å². The number of nitrogens with zero attached hydrogens (tertiary/aromatic N) is 1. The Morgan fingerprint density at radius 3 is 2.21 bits per heavy atom. The summed E-state index contributed by atoms with van der Waals surface area (Å²) in [5.41, 5.74) is 3.01. The number of hydrogen-bond donors (Lipinski definition) is 0. The third-order valence-electron chi connectivity index (χ3n) is 3.39. The van der Waals surface area contributed by atoms with E-state index in [-0.39, 0.29) is 11.8 Å². The second kappa shape index (κ2) is 4.35. The molecule has 0 saturated heterocycles. The predicted octanol–water partition coefficient (Wildman–Crippen LogP) is 2.97. The highest BCUT2D eigenvalue weighted by Gasteiger charge is 2.34. The molecule has 2 aromatic rings. The number of fused-ring (bicyclic) bond motifs is 1. The molecule has 0 spiro atoms. The summed E-state index contributed by atoms with van der Waals surface area (Å²) in [6.45, 7) is 2.22. The third-order valence-corrected chi connectivity index (χ3v) is 3.39. The molecule has 1 aliphatic rings. The van der Waals surface area contributed by atoms with Crippen LogP contribution in [0.3, 0.4) is 0 Å². The van der Waals surface area contributed by atoms with Gasteiger partial charge in [-0.15, -0.1) is 0 Å². The minimum absolute atomic E-state index is 0.192. The summed E-state index contributed by atoms with van der Waals surface area (Å²) in [5.74, 6) is -0.387. The molecular formula is C16H13NO2. The highest BCUT2D eigenvalue weighted by atomic mass is 16.2. The lowest BCUT2D eigenvalue weighted by Gasteiger charge is -2.08. The van der Waals surface area contributed by atoms with Crippen molar-refractivity contribution in [3.63, 3.8) is 0 Å². The minimum Gasteiger partial charge on any atom is -0.275 e. The summed E-state index contributed by atoms with van der Waals surface area (Å²) in [6.07, 6.45) is 0. The van der Waals surface area contributed by atoms with Gasteiger partial charge < -0.3 is 0 Å². The van der Waals surface area contributed by atoms with Gasteiger partial charge in [0.25, 0.3) is 11.8 Å². The zero-order valence-corrected chi connectivity index (χ0v) is 10.6. The number of benzene rings is 2. The highest BCUT2D eigenvalue weighted by Crippen LogP contribution is 2.28. The Hall–Kier alpha value is -2.42. The Balaban J connectivity index is 2.10. The van der Waals surface area contributed by atoms with E-state index >= 15 is 0 Å². The summed E-state index contributed by atoms with van der Waals surface area (Å²) in [6, 6.07) is 15.3. The quantitative estimate of drug-likeness (QED) is 0.769. The number of rotatable bonds is 2. The van der Waals surface area contributed by atoms with Crippen LogP contribution in [0.4, 0.5) is 0 Å². The first-order valence-electron chi connectivity index (χ1n) is 6.28. The monoisotopic (exact) mass is 251 g/mol. The van der Waals surface area contributed by atoms with Crippen LogP contribution < -0.4 is 0 Å². The molecule has 2 aromatic carbocycles. The molecule has 19 heavy (non-hydrogen) atoms. The van der Waals surface area contributed by atoms with Crippen molar-refractivity contribution in [3.8, 4) is 11.1 Å². The summed E-state index contributed by atoms with van der Waals surface area (Å²) >= 11 is 0. The van der Waals surface area contributed by atoms with Crippen LogP contribution in [0.1, 0.15) is 27.6 Å². The highest BCUT2D eigenvalue weighted by molar-refractivity contribution is 6.21. The molecule has 3 nitrogen and oxygen atoms in total. The van der Waals surface area contributed by atoms with Crippen LogP contribution in [0, 0.1) is 0 Å². The van der Waals surface area contributed by atoms with Crippen LogP contribution in [0.2, 0.25) is 0 Å². The van der Waals surface area contributed by atoms with Crippen LogP contribution >= 0.6 is 0 Å². The first kappa shape index (κ1) is 11.7. The van der Waals surface area contributed by atoms with Crippen LogP contribution in [0.25, 0.3) is 11.1 Å². The van der Waals surface area contributed by atoms with Gasteiger partial charge in [-0.1, -0.05) is 36.4 Å². The molecule has 94 valence electrons. The van der Waals surface area contributed by atoms with Gasteiger partial charge in [-0.25, -0.2) is 0 Å². The van der Waals surface area contributed by atoms with Crippen molar-refractivity contribution >= 4 is 11.8 Å². The number of imide groups is 1. The Bertz CT molecular complexity index is 662. The molecule has 0 N–H and O–H groups in total. The third kappa shape index (κ3) is 1.74. The van der Waals surface area contributed by atoms with E-state index in [1.165, 1.54) is 4.90 Å². The smallest absolute Gasteiger partial charge is 0.261 e. The number of carbonyl (C=O) groups excluding carboxylic acids is 2. The van der Waals surface area contributed by atoms with Crippen molar-refractivity contribution < 1.29 is 9.59 Å². The van der Waals surface area contributed by atoms with E-state index in [4.69, 9.17) is 0 Å². The van der Waals surface area contributed by atoms with Gasteiger partial charge in [-0.2, -0.15) is 0 Å². The lowest BCUT2D eigenvalue weighted by molar-refractivity contribution is 0.0663. The summed E-state index contributed by atoms with van der Waals surface area (Å²) < 4.78 is 0. The van der Waals surface area contributed by atoms with Crippen molar-refractivity contribution in [2.24, 2.45) is 0 Å². The van der Waals surface area contributed by atoms with Crippen molar-refractivity contribution in [1.29, 1.82) is 0 Å². The average Bonchev–Trinajstić information content (AvgIpc) is 2.71. The fourth-order valence-electron chi connectivity index (χ4n) is 2.39. The number of carbonyl (C=O) groups is 2. The maximum atomic E-state index is 12.1. The maximum Gasteiger partial charge on any atom is 0.261 e. The van der Waals surface area contributed by atoms with Crippen LogP contribution in [0.15, 0.2) is 48.5 Å². The fraction of sp³-hybridized carbons (Fsp3) is 0.125. The van der Waals surface area contributed by atoms with Crippen molar-refractivity contribution in [3.05, 3.63) is 59.7 Å². The van der Waals surface area contributed by atoms with Crippen molar-refractivity contribution in [2.75, 3.05) is 6.54 Å². The Morgan fingerprint density at radius 1 is 0.842 bits per heavy atom. The second-order valence-electron chi connectivity index (χ2n) is 4.48. The second-order valence-corrected chi connectivity index (χ2v) is 4.48. The number of hydrogen-bond acceptors (Lipinski definition) is 2. The van der Waals surface area contributed by atoms with Gasteiger partial charge in [0.05, 0.1) is 11.1 Å². The Labute approximate surface area is 111 Å². The van der Waals surface area contributed by atoms with Crippen molar-refractivity contribution in [1.82, 2.24) is 4.90 Å². The minimum atomic E-state index is -0.194. The molecule has 0 unspecified atom stereocenters. The van der Waals surface area contributed by atoms with Crippen LogP contribution in [-0.2, 0) is 0 Å². The average molecular weight is 251 g/mol. The van der Waals surface area contributed by atoms with Gasteiger partial charge in [0.1, 0.15) is 0 Å². The topological polar surface area (TPSA) is 37.4 Å². The first-order chi connectivity index (χ1) is 9.22. The lowest BCUT2D eigenvalue weighted by Crippen LogP contribution is -2.29. The molecule has 0 atom stereocenters. The van der Waals surface area contributed by atoms with E-state index in [0.29, 0.717) is 17.7 Å². The first-order valence-corrected chi connectivity index (χ1v) is 6.28. The van der Waals surface area contributed by atoms with Crippen LogP contribution in [0.5, 0.6) is 0 Å². The Morgan fingerprint density at radius 2 is 1.53 bits per heavy atom.